The van der Waals surface area contributed by atoms with Gasteiger partial charge in [0.25, 0.3) is 5.91 Å². The fraction of sp³-hybridized carbons (Fsp3) is 0.500. The van der Waals surface area contributed by atoms with Gasteiger partial charge in [0.1, 0.15) is 0 Å². The fourth-order valence-electron chi connectivity index (χ4n) is 1.08. The van der Waals surface area contributed by atoms with Gasteiger partial charge >= 0.3 is 0 Å². The summed E-state index contributed by atoms with van der Waals surface area (Å²) >= 11 is 6.42. The number of halogens is 2. The van der Waals surface area contributed by atoms with E-state index in [0.29, 0.717) is 30.0 Å². The highest BCUT2D eigenvalue weighted by molar-refractivity contribution is 9.10. The molecule has 1 rings (SSSR count). The van der Waals surface area contributed by atoms with Gasteiger partial charge < -0.3 is 14.5 Å². The third-order valence-electron chi connectivity index (χ3n) is 1.84. The maximum Gasteiger partial charge on any atom is 0.255 e. The molecule has 1 aromatic rings. The molecule has 0 spiro atoms. The molecule has 0 radical (unpaired) electrons. The number of carbonyl (C=O) groups is 1. The lowest BCUT2D eigenvalue weighted by Crippen LogP contribution is -2.25. The van der Waals surface area contributed by atoms with Crippen LogP contribution in [0.25, 0.3) is 0 Å². The summed E-state index contributed by atoms with van der Waals surface area (Å²) in [5, 5.41) is 3.62. The van der Waals surface area contributed by atoms with E-state index in [2.05, 4.69) is 37.2 Å². The van der Waals surface area contributed by atoms with Gasteiger partial charge in [0.15, 0.2) is 4.67 Å². The monoisotopic (exact) mass is 353 g/mol. The van der Waals surface area contributed by atoms with Crippen LogP contribution in [0, 0.1) is 0 Å². The number of hydrogen-bond acceptors (Lipinski definition) is 3. The zero-order valence-electron chi connectivity index (χ0n) is 8.67. The van der Waals surface area contributed by atoms with Gasteiger partial charge in [-0.25, -0.2) is 0 Å². The number of amides is 1. The number of alkyl halides is 1. The lowest BCUT2D eigenvalue weighted by Gasteiger charge is -2.04. The first-order chi connectivity index (χ1) is 7.75. The standard InChI is InChI=1S/C10H13Br2NO3/c11-3-7-15-5-1-4-13-10(14)8-2-6-16-9(8)12/h2,6H,1,3-5,7H2,(H,13,14). The van der Waals surface area contributed by atoms with Gasteiger partial charge in [-0.3, -0.25) is 4.79 Å². The molecule has 0 aliphatic rings. The van der Waals surface area contributed by atoms with Crippen LogP contribution in [0.2, 0.25) is 0 Å². The molecule has 90 valence electrons. The number of furan rings is 1. The smallest absolute Gasteiger partial charge is 0.255 e. The van der Waals surface area contributed by atoms with Crippen molar-refractivity contribution >= 4 is 37.8 Å². The van der Waals surface area contributed by atoms with Crippen LogP contribution in [0.15, 0.2) is 21.4 Å². The fourth-order valence-corrected chi connectivity index (χ4v) is 1.73. The number of ether oxygens (including phenoxy) is 1. The molecule has 1 amide bonds. The average molecular weight is 355 g/mol. The van der Waals surface area contributed by atoms with E-state index < -0.39 is 0 Å². The quantitative estimate of drug-likeness (QED) is 0.604. The number of hydrogen-bond donors (Lipinski definition) is 1. The first-order valence-electron chi connectivity index (χ1n) is 4.90. The largest absolute Gasteiger partial charge is 0.457 e. The molecular weight excluding hydrogens is 342 g/mol. The van der Waals surface area contributed by atoms with Gasteiger partial charge in [0.05, 0.1) is 18.4 Å². The predicted molar refractivity (Wildman–Crippen MR) is 68.0 cm³/mol. The molecule has 1 heterocycles. The maximum absolute atomic E-state index is 11.6. The van der Waals surface area contributed by atoms with Gasteiger partial charge in [-0.1, -0.05) is 15.9 Å². The van der Waals surface area contributed by atoms with Crippen molar-refractivity contribution in [2.24, 2.45) is 0 Å². The Morgan fingerprint density at radius 3 is 2.94 bits per heavy atom. The minimum absolute atomic E-state index is 0.138. The summed E-state index contributed by atoms with van der Waals surface area (Å²) in [6, 6.07) is 1.63. The Balaban J connectivity index is 2.14. The van der Waals surface area contributed by atoms with E-state index in [1.165, 1.54) is 6.26 Å². The van der Waals surface area contributed by atoms with E-state index in [9.17, 15) is 4.79 Å². The van der Waals surface area contributed by atoms with Crippen LogP contribution in [0.1, 0.15) is 16.8 Å². The number of carbonyl (C=O) groups excluding carboxylic acids is 1. The van der Waals surface area contributed by atoms with Crippen LogP contribution < -0.4 is 5.32 Å². The Labute approximate surface area is 111 Å². The molecule has 0 unspecified atom stereocenters. The molecule has 6 heteroatoms. The molecule has 0 aromatic carbocycles. The third kappa shape index (κ3) is 4.67. The van der Waals surface area contributed by atoms with Crippen LogP contribution in [0.5, 0.6) is 0 Å². The molecule has 4 nitrogen and oxygen atoms in total. The van der Waals surface area contributed by atoms with Crippen LogP contribution in [0.3, 0.4) is 0 Å². The molecule has 0 saturated carbocycles. The highest BCUT2D eigenvalue weighted by Gasteiger charge is 2.11. The maximum atomic E-state index is 11.6. The summed E-state index contributed by atoms with van der Waals surface area (Å²) in [6.45, 7) is 1.94. The van der Waals surface area contributed by atoms with E-state index in [1.54, 1.807) is 6.07 Å². The van der Waals surface area contributed by atoms with E-state index in [4.69, 9.17) is 9.15 Å². The van der Waals surface area contributed by atoms with Crippen LogP contribution >= 0.6 is 31.9 Å². The molecule has 0 saturated heterocycles. The van der Waals surface area contributed by atoms with E-state index >= 15 is 0 Å². The van der Waals surface area contributed by atoms with Gasteiger partial charge in [0, 0.05) is 18.5 Å². The first-order valence-corrected chi connectivity index (χ1v) is 6.82. The van der Waals surface area contributed by atoms with Gasteiger partial charge in [0.2, 0.25) is 0 Å². The average Bonchev–Trinajstić information content (AvgIpc) is 2.69. The lowest BCUT2D eigenvalue weighted by atomic mass is 10.3. The second kappa shape index (κ2) is 7.86. The summed E-state index contributed by atoms with van der Waals surface area (Å²) in [4.78, 5) is 11.6. The first kappa shape index (κ1) is 13.7. The number of nitrogens with one attached hydrogen (secondary N) is 1. The molecular formula is C10H13Br2NO3. The Hall–Kier alpha value is -0.330. The van der Waals surface area contributed by atoms with E-state index in [-0.39, 0.29) is 5.91 Å². The van der Waals surface area contributed by atoms with Crippen molar-refractivity contribution in [1.82, 2.24) is 5.32 Å². The van der Waals surface area contributed by atoms with Crippen LogP contribution in [-0.2, 0) is 4.74 Å². The van der Waals surface area contributed by atoms with Crippen molar-refractivity contribution in [3.63, 3.8) is 0 Å². The normalized spacial score (nSPS) is 10.4. The van der Waals surface area contributed by atoms with Crippen molar-refractivity contribution in [3.05, 3.63) is 22.6 Å². The third-order valence-corrected chi connectivity index (χ3v) is 2.77. The van der Waals surface area contributed by atoms with Crippen molar-refractivity contribution in [2.75, 3.05) is 25.1 Å². The Bertz CT molecular complexity index is 328. The molecule has 1 aromatic heterocycles. The summed E-state index contributed by atoms with van der Waals surface area (Å²) in [5.74, 6) is -0.138. The Kier molecular flexibility index (Phi) is 6.75. The lowest BCUT2D eigenvalue weighted by molar-refractivity contribution is 0.0943. The molecule has 1 N–H and O–H groups in total. The van der Waals surface area contributed by atoms with Crippen LogP contribution in [-0.4, -0.2) is 31.0 Å². The zero-order valence-corrected chi connectivity index (χ0v) is 11.8. The topological polar surface area (TPSA) is 51.5 Å². The molecule has 0 fully saturated rings. The molecule has 0 atom stereocenters. The Morgan fingerprint density at radius 2 is 2.31 bits per heavy atom. The molecule has 0 aliphatic carbocycles. The highest BCUT2D eigenvalue weighted by atomic mass is 79.9. The summed E-state index contributed by atoms with van der Waals surface area (Å²) in [6.07, 6.45) is 2.27. The summed E-state index contributed by atoms with van der Waals surface area (Å²) in [5.41, 5.74) is 0.515. The predicted octanol–water partition coefficient (Wildman–Crippen LogP) is 2.57. The second-order valence-corrected chi connectivity index (χ2v) is 4.53. The van der Waals surface area contributed by atoms with Gasteiger partial charge in [-0.2, -0.15) is 0 Å². The highest BCUT2D eigenvalue weighted by Crippen LogP contribution is 2.16. The van der Waals surface area contributed by atoms with Crippen molar-refractivity contribution in [3.8, 4) is 0 Å². The van der Waals surface area contributed by atoms with E-state index in [1.807, 2.05) is 0 Å². The summed E-state index contributed by atoms with van der Waals surface area (Å²) in [7, 11) is 0. The minimum Gasteiger partial charge on any atom is -0.457 e. The van der Waals surface area contributed by atoms with Gasteiger partial charge in [-0.05, 0) is 28.4 Å². The van der Waals surface area contributed by atoms with Crippen molar-refractivity contribution in [2.45, 2.75) is 6.42 Å². The summed E-state index contributed by atoms with van der Waals surface area (Å²) < 4.78 is 10.7. The minimum atomic E-state index is -0.138. The number of rotatable bonds is 7. The van der Waals surface area contributed by atoms with Crippen molar-refractivity contribution < 1.29 is 13.9 Å². The van der Waals surface area contributed by atoms with Crippen LogP contribution in [0.4, 0.5) is 0 Å². The molecule has 0 bridgehead atoms. The SMILES string of the molecule is O=C(NCCCOCCBr)c1ccoc1Br. The van der Waals surface area contributed by atoms with E-state index in [0.717, 1.165) is 11.8 Å². The molecule has 16 heavy (non-hydrogen) atoms. The van der Waals surface area contributed by atoms with Crippen molar-refractivity contribution in [1.29, 1.82) is 0 Å². The molecule has 0 aliphatic heterocycles. The Morgan fingerprint density at radius 1 is 1.50 bits per heavy atom. The second-order valence-electron chi connectivity index (χ2n) is 3.02. The zero-order chi connectivity index (χ0) is 11.8. The van der Waals surface area contributed by atoms with Gasteiger partial charge in [-0.15, -0.1) is 0 Å².